The Balaban J connectivity index is 2.11. The van der Waals surface area contributed by atoms with E-state index in [9.17, 15) is 9.18 Å². The molecule has 0 spiro atoms. The number of hydrogen-bond acceptors (Lipinski definition) is 4. The average molecular weight is 267 g/mol. The van der Waals surface area contributed by atoms with Crippen LogP contribution in [0, 0.1) is 12.7 Å². The predicted octanol–water partition coefficient (Wildman–Crippen LogP) is 3.11. The lowest BCUT2D eigenvalue weighted by molar-refractivity contribution is 0.0696. The second-order valence-corrected chi connectivity index (χ2v) is 4.62. The van der Waals surface area contributed by atoms with Gasteiger partial charge >= 0.3 is 5.97 Å². The molecule has 0 saturated carbocycles. The number of aromatic carboxylic acids is 1. The van der Waals surface area contributed by atoms with Gasteiger partial charge in [-0.05, 0) is 30.7 Å². The van der Waals surface area contributed by atoms with E-state index in [0.717, 1.165) is 11.8 Å². The van der Waals surface area contributed by atoms with Gasteiger partial charge in [0.15, 0.2) is 0 Å². The molecule has 1 heterocycles. The first-order valence-electron chi connectivity index (χ1n) is 5.12. The summed E-state index contributed by atoms with van der Waals surface area (Å²) in [7, 11) is 0. The highest BCUT2D eigenvalue weighted by Crippen LogP contribution is 2.23. The number of carbonyl (C=O) groups is 1. The van der Waals surface area contributed by atoms with Gasteiger partial charge in [0.05, 0.1) is 11.3 Å². The zero-order valence-electron chi connectivity index (χ0n) is 9.51. The van der Waals surface area contributed by atoms with Gasteiger partial charge in [-0.25, -0.2) is 14.2 Å². The Labute approximate surface area is 107 Å². The lowest BCUT2D eigenvalue weighted by atomic mass is 10.1. The second kappa shape index (κ2) is 5.22. The summed E-state index contributed by atoms with van der Waals surface area (Å²) in [4.78, 5) is 14.9. The first-order valence-corrected chi connectivity index (χ1v) is 6.11. The Bertz CT molecular complexity index is 582. The van der Waals surface area contributed by atoms with E-state index in [1.165, 1.54) is 30.2 Å². The lowest BCUT2D eigenvalue weighted by Gasteiger charge is -2.01. The smallest absolute Gasteiger partial charge is 0.335 e. The van der Waals surface area contributed by atoms with Crippen LogP contribution >= 0.6 is 11.8 Å². The van der Waals surface area contributed by atoms with Gasteiger partial charge in [0.1, 0.15) is 12.1 Å². The Kier molecular flexibility index (Phi) is 3.66. The van der Waals surface area contributed by atoms with E-state index in [4.69, 9.17) is 9.52 Å². The van der Waals surface area contributed by atoms with Gasteiger partial charge in [-0.2, -0.15) is 0 Å². The molecule has 2 rings (SSSR count). The molecule has 0 aliphatic heterocycles. The van der Waals surface area contributed by atoms with E-state index in [1.54, 1.807) is 6.92 Å². The third-order valence-electron chi connectivity index (χ3n) is 2.16. The van der Waals surface area contributed by atoms with E-state index in [2.05, 4.69) is 4.98 Å². The molecule has 0 radical (unpaired) electrons. The molecule has 4 nitrogen and oxygen atoms in total. The number of oxazole rings is 1. The quantitative estimate of drug-likeness (QED) is 0.862. The van der Waals surface area contributed by atoms with Crippen molar-refractivity contribution in [3.05, 3.63) is 47.1 Å². The normalized spacial score (nSPS) is 10.6. The van der Waals surface area contributed by atoms with Crippen molar-refractivity contribution in [2.45, 2.75) is 17.9 Å². The van der Waals surface area contributed by atoms with Gasteiger partial charge < -0.3 is 9.52 Å². The van der Waals surface area contributed by atoms with Crippen LogP contribution in [0.3, 0.4) is 0 Å². The van der Waals surface area contributed by atoms with E-state index in [1.807, 2.05) is 0 Å². The summed E-state index contributed by atoms with van der Waals surface area (Å²) in [5, 5.41) is 9.30. The lowest BCUT2D eigenvalue weighted by Crippen LogP contribution is -1.98. The minimum Gasteiger partial charge on any atom is -0.478 e. The van der Waals surface area contributed by atoms with Crippen LogP contribution in [0.15, 0.2) is 34.1 Å². The minimum atomic E-state index is -1.15. The molecule has 6 heteroatoms. The molecule has 0 fully saturated rings. The maximum Gasteiger partial charge on any atom is 0.335 e. The van der Waals surface area contributed by atoms with Gasteiger partial charge in [0.25, 0.3) is 5.22 Å². The van der Waals surface area contributed by atoms with Crippen LogP contribution in [0.4, 0.5) is 4.39 Å². The topological polar surface area (TPSA) is 63.3 Å². The molecule has 1 N–H and O–H groups in total. The number of aromatic nitrogens is 1. The van der Waals surface area contributed by atoms with Crippen molar-refractivity contribution in [2.75, 3.05) is 0 Å². The monoisotopic (exact) mass is 267 g/mol. The number of halogens is 1. The SMILES string of the molecule is Cc1coc(SCc2cc(F)cc(C(=O)O)c2)n1. The highest BCUT2D eigenvalue weighted by atomic mass is 32.2. The number of carboxylic acids is 1. The number of benzene rings is 1. The molecule has 18 heavy (non-hydrogen) atoms. The van der Waals surface area contributed by atoms with Gasteiger partial charge in [-0.3, -0.25) is 0 Å². The molecule has 1 aromatic carbocycles. The Morgan fingerprint density at radius 3 is 2.89 bits per heavy atom. The highest BCUT2D eigenvalue weighted by Gasteiger charge is 2.08. The van der Waals surface area contributed by atoms with Crippen molar-refractivity contribution in [1.82, 2.24) is 4.98 Å². The standard InChI is InChI=1S/C12H10FNO3S/c1-7-5-17-12(14-7)18-6-8-2-9(11(15)16)4-10(13)3-8/h2-5H,6H2,1H3,(H,15,16). The number of aryl methyl sites for hydroxylation is 1. The summed E-state index contributed by atoms with van der Waals surface area (Å²) < 4.78 is 18.3. The van der Waals surface area contributed by atoms with Crippen molar-refractivity contribution < 1.29 is 18.7 Å². The van der Waals surface area contributed by atoms with Crippen LogP contribution in [0.1, 0.15) is 21.6 Å². The fourth-order valence-electron chi connectivity index (χ4n) is 1.40. The van der Waals surface area contributed by atoms with Crippen molar-refractivity contribution in [2.24, 2.45) is 0 Å². The zero-order valence-corrected chi connectivity index (χ0v) is 10.3. The maximum atomic E-state index is 13.2. The number of hydrogen-bond donors (Lipinski definition) is 1. The van der Waals surface area contributed by atoms with Crippen LogP contribution in [0.2, 0.25) is 0 Å². The Morgan fingerprint density at radius 2 is 2.28 bits per heavy atom. The van der Waals surface area contributed by atoms with Gasteiger partial charge in [-0.15, -0.1) is 0 Å². The summed E-state index contributed by atoms with van der Waals surface area (Å²) in [5.74, 6) is -1.31. The fraction of sp³-hybridized carbons (Fsp3) is 0.167. The van der Waals surface area contributed by atoms with E-state index >= 15 is 0 Å². The summed E-state index contributed by atoms with van der Waals surface area (Å²) in [5.41, 5.74) is 1.28. The van der Waals surface area contributed by atoms with Gasteiger partial charge in [0.2, 0.25) is 0 Å². The van der Waals surface area contributed by atoms with Crippen molar-refractivity contribution >= 4 is 17.7 Å². The Hall–Kier alpha value is -1.82. The summed E-state index contributed by atoms with van der Waals surface area (Å²) in [6.07, 6.45) is 1.52. The molecule has 0 atom stereocenters. The van der Waals surface area contributed by atoms with Crippen LogP contribution < -0.4 is 0 Å². The summed E-state index contributed by atoms with van der Waals surface area (Å²) >= 11 is 1.29. The van der Waals surface area contributed by atoms with E-state index in [0.29, 0.717) is 16.5 Å². The molecule has 2 aromatic rings. The van der Waals surface area contributed by atoms with Crippen LogP contribution in [0.5, 0.6) is 0 Å². The van der Waals surface area contributed by atoms with Gasteiger partial charge in [-0.1, -0.05) is 11.8 Å². The highest BCUT2D eigenvalue weighted by molar-refractivity contribution is 7.98. The predicted molar refractivity (Wildman–Crippen MR) is 64.2 cm³/mol. The fourth-order valence-corrected chi connectivity index (χ4v) is 2.18. The average Bonchev–Trinajstić information content (AvgIpc) is 2.72. The molecular weight excluding hydrogens is 257 g/mol. The van der Waals surface area contributed by atoms with Crippen LogP contribution in [-0.4, -0.2) is 16.1 Å². The van der Waals surface area contributed by atoms with Gasteiger partial charge in [0, 0.05) is 5.75 Å². The molecule has 1 aromatic heterocycles. The third-order valence-corrected chi connectivity index (χ3v) is 3.08. The molecule has 0 aliphatic rings. The second-order valence-electron chi connectivity index (χ2n) is 3.70. The van der Waals surface area contributed by atoms with Crippen LogP contribution in [-0.2, 0) is 5.75 Å². The Morgan fingerprint density at radius 1 is 1.50 bits per heavy atom. The maximum absolute atomic E-state index is 13.2. The first kappa shape index (κ1) is 12.6. The van der Waals surface area contributed by atoms with Crippen molar-refractivity contribution in [1.29, 1.82) is 0 Å². The number of carboxylic acid groups (broad SMARTS) is 1. The molecule has 0 unspecified atom stereocenters. The number of thioether (sulfide) groups is 1. The van der Waals surface area contributed by atoms with Crippen molar-refractivity contribution in [3.63, 3.8) is 0 Å². The third kappa shape index (κ3) is 3.10. The van der Waals surface area contributed by atoms with Crippen LogP contribution in [0.25, 0.3) is 0 Å². The summed E-state index contributed by atoms with van der Waals surface area (Å²) in [6.45, 7) is 1.80. The molecular formula is C12H10FNO3S. The molecule has 0 aliphatic carbocycles. The molecule has 94 valence electrons. The molecule has 0 amide bonds. The van der Waals surface area contributed by atoms with E-state index < -0.39 is 11.8 Å². The number of rotatable bonds is 4. The molecule has 0 saturated heterocycles. The molecule has 0 bridgehead atoms. The summed E-state index contributed by atoms with van der Waals surface area (Å²) in [6, 6.07) is 3.73. The number of nitrogens with zero attached hydrogens (tertiary/aromatic N) is 1. The first-order chi connectivity index (χ1) is 8.54. The largest absolute Gasteiger partial charge is 0.478 e. The minimum absolute atomic E-state index is 0.0609. The van der Waals surface area contributed by atoms with Crippen molar-refractivity contribution in [3.8, 4) is 0 Å². The van der Waals surface area contributed by atoms with E-state index in [-0.39, 0.29) is 5.56 Å². The zero-order chi connectivity index (χ0) is 13.1.